The molecule has 0 aliphatic rings. The van der Waals surface area contributed by atoms with Gasteiger partial charge in [-0.25, -0.2) is 0 Å². The van der Waals surface area contributed by atoms with E-state index < -0.39 is 0 Å². The number of aliphatic hydroxyl groups excluding tert-OH is 4. The van der Waals surface area contributed by atoms with Crippen LogP contribution in [0.4, 0.5) is 11.4 Å². The fourth-order valence-corrected chi connectivity index (χ4v) is 8.41. The van der Waals surface area contributed by atoms with E-state index >= 15 is 0 Å². The van der Waals surface area contributed by atoms with Crippen molar-refractivity contribution in [1.29, 1.82) is 0 Å². The van der Waals surface area contributed by atoms with Gasteiger partial charge in [-0.15, -0.1) is 0 Å². The predicted molar refractivity (Wildman–Crippen MR) is 247 cm³/mol. The predicted octanol–water partition coefficient (Wildman–Crippen LogP) is 1.86. The molecular formula is C52H54BrClN4O4. The number of hydrogen-bond donors (Lipinski definition) is 4. The molecule has 62 heavy (non-hydrogen) atoms. The Hall–Kier alpha value is -5.65. The first-order valence-corrected chi connectivity index (χ1v) is 20.6. The molecule has 0 radical (unpaired) electrons. The Labute approximate surface area is 380 Å². The minimum atomic E-state index is 0. The number of aromatic nitrogens is 2. The minimum Gasteiger partial charge on any atom is -1.00 e. The first-order valence-electron chi connectivity index (χ1n) is 20.6. The van der Waals surface area contributed by atoms with Gasteiger partial charge < -0.3 is 59.6 Å². The molecule has 10 heteroatoms. The average molecular weight is 914 g/mol. The summed E-state index contributed by atoms with van der Waals surface area (Å²) in [7, 11) is 0. The zero-order valence-corrected chi connectivity index (χ0v) is 37.2. The summed E-state index contributed by atoms with van der Waals surface area (Å²) in [5, 5.41) is 42.1. The van der Waals surface area contributed by atoms with Crippen LogP contribution in [-0.2, 0) is 13.1 Å². The Kier molecular flexibility index (Phi) is 17.6. The fraction of sp³-hybridized carbons (Fsp3) is 0.192. The van der Waals surface area contributed by atoms with Crippen LogP contribution in [0.1, 0.15) is 0 Å². The molecule has 2 aromatic heterocycles. The maximum absolute atomic E-state index is 9.33. The second-order valence-corrected chi connectivity index (χ2v) is 14.6. The number of aliphatic hydroxyl groups is 4. The van der Waals surface area contributed by atoms with Gasteiger partial charge in [-0.2, -0.15) is 9.13 Å². The Morgan fingerprint density at radius 1 is 0.403 bits per heavy atom. The molecule has 0 aliphatic heterocycles. The van der Waals surface area contributed by atoms with Crippen LogP contribution in [0, 0.1) is 0 Å². The van der Waals surface area contributed by atoms with Crippen molar-refractivity contribution in [3.8, 4) is 22.3 Å². The maximum Gasteiger partial charge on any atom is 0.213 e. The lowest BCUT2D eigenvalue weighted by Crippen LogP contribution is -3.00. The molecule has 0 aliphatic carbocycles. The summed E-state index contributed by atoms with van der Waals surface area (Å²) in [5.41, 5.74) is 11.4. The Balaban J connectivity index is 0.000000227. The largest absolute Gasteiger partial charge is 1.00 e. The van der Waals surface area contributed by atoms with E-state index in [9.17, 15) is 20.4 Å². The lowest BCUT2D eigenvalue weighted by atomic mass is 9.95. The quantitative estimate of drug-likeness (QED) is 0.0673. The van der Waals surface area contributed by atoms with Gasteiger partial charge in [0.15, 0.2) is 13.1 Å². The second-order valence-electron chi connectivity index (χ2n) is 14.6. The lowest BCUT2D eigenvalue weighted by molar-refractivity contribution is -0.634. The van der Waals surface area contributed by atoms with Gasteiger partial charge in [0.1, 0.15) is 0 Å². The molecule has 320 valence electrons. The van der Waals surface area contributed by atoms with Crippen molar-refractivity contribution in [2.24, 2.45) is 0 Å². The number of anilines is 2. The molecule has 6 aromatic carbocycles. The van der Waals surface area contributed by atoms with Crippen molar-refractivity contribution in [2.75, 3.05) is 62.4 Å². The molecule has 0 spiro atoms. The van der Waals surface area contributed by atoms with E-state index in [1.54, 1.807) is 0 Å². The number of halogens is 2. The normalized spacial score (nSPS) is 10.8. The lowest BCUT2D eigenvalue weighted by Gasteiger charge is -2.23. The Bertz CT molecular complexity index is 2420. The zero-order chi connectivity index (χ0) is 41.8. The SMILES string of the molecule is C=CC[n+]1c2ccccc2c(-c2ccc(N(CCO)CCO)cc2)c2ccccc21.C=CC[n+]1c2ccccc2c(-c2ccc(N(CCO)CCO)cc2)c2ccccc21.[Br-].[Cl-]. The van der Waals surface area contributed by atoms with Gasteiger partial charge in [0.05, 0.1) is 48.0 Å². The third-order valence-corrected chi connectivity index (χ3v) is 11.0. The standard InChI is InChI=1S/2C26H27N2O2.BrH.ClH/c2*1-2-15-28-24-9-5-3-7-22(24)26(23-8-4-6-10-25(23)28)20-11-13-21(14-12-20)27(16-18-29)17-19-30;;/h2*2-14,29-30H,1,15-19H2;2*1H/q2*+1;;/p-2. The number of allylic oxidation sites excluding steroid dienone is 2. The molecule has 0 unspecified atom stereocenters. The number of pyridine rings is 2. The highest BCUT2D eigenvalue weighted by Gasteiger charge is 2.22. The highest BCUT2D eigenvalue weighted by atomic mass is 79.9. The molecule has 8 rings (SSSR count). The van der Waals surface area contributed by atoms with E-state index in [-0.39, 0.29) is 55.8 Å². The highest BCUT2D eigenvalue weighted by Crippen LogP contribution is 2.36. The average Bonchev–Trinajstić information content (AvgIpc) is 3.29. The van der Waals surface area contributed by atoms with Crippen molar-refractivity contribution in [3.63, 3.8) is 0 Å². The molecule has 2 heterocycles. The molecule has 0 atom stereocenters. The van der Waals surface area contributed by atoms with Crippen LogP contribution in [0.25, 0.3) is 65.9 Å². The number of nitrogens with zero attached hydrogens (tertiary/aromatic N) is 4. The summed E-state index contributed by atoms with van der Waals surface area (Å²) in [6.45, 7) is 11.6. The van der Waals surface area contributed by atoms with E-state index in [0.717, 1.165) is 35.6 Å². The molecule has 0 amide bonds. The minimum absolute atomic E-state index is 0. The van der Waals surface area contributed by atoms with Crippen LogP contribution in [0.15, 0.2) is 171 Å². The summed E-state index contributed by atoms with van der Waals surface area (Å²) in [5.74, 6) is 0. The smallest absolute Gasteiger partial charge is 0.213 e. The van der Waals surface area contributed by atoms with Crippen molar-refractivity contribution in [3.05, 3.63) is 171 Å². The number of rotatable bonds is 16. The van der Waals surface area contributed by atoms with Gasteiger partial charge in [-0.3, -0.25) is 0 Å². The van der Waals surface area contributed by atoms with Crippen LogP contribution >= 0.6 is 0 Å². The van der Waals surface area contributed by atoms with E-state index in [2.05, 4.69) is 168 Å². The van der Waals surface area contributed by atoms with E-state index in [0.29, 0.717) is 26.2 Å². The third-order valence-electron chi connectivity index (χ3n) is 11.0. The topological polar surface area (TPSA) is 95.2 Å². The van der Waals surface area contributed by atoms with Gasteiger partial charge in [-0.1, -0.05) is 86.0 Å². The van der Waals surface area contributed by atoms with Crippen molar-refractivity contribution in [2.45, 2.75) is 13.1 Å². The second kappa shape index (κ2) is 23.0. The summed E-state index contributed by atoms with van der Waals surface area (Å²) >= 11 is 0. The van der Waals surface area contributed by atoms with Crippen molar-refractivity contribution < 1.29 is 58.9 Å². The van der Waals surface area contributed by atoms with E-state index in [1.807, 2.05) is 22.0 Å². The highest BCUT2D eigenvalue weighted by molar-refractivity contribution is 6.08. The molecule has 0 bridgehead atoms. The Morgan fingerprint density at radius 3 is 0.903 bits per heavy atom. The van der Waals surface area contributed by atoms with Gasteiger partial charge in [0.2, 0.25) is 22.1 Å². The fourth-order valence-electron chi connectivity index (χ4n) is 8.41. The van der Waals surface area contributed by atoms with Gasteiger partial charge in [0.25, 0.3) is 0 Å². The van der Waals surface area contributed by atoms with Crippen LogP contribution in [-0.4, -0.2) is 73.0 Å². The molecule has 8 aromatic rings. The summed E-state index contributed by atoms with van der Waals surface area (Å²) in [6.07, 6.45) is 3.87. The summed E-state index contributed by atoms with van der Waals surface area (Å²) in [4.78, 5) is 3.98. The summed E-state index contributed by atoms with van der Waals surface area (Å²) < 4.78 is 4.61. The zero-order valence-electron chi connectivity index (χ0n) is 34.8. The van der Waals surface area contributed by atoms with Crippen LogP contribution in [0.2, 0.25) is 0 Å². The van der Waals surface area contributed by atoms with Crippen molar-refractivity contribution in [1.82, 2.24) is 0 Å². The van der Waals surface area contributed by atoms with Crippen LogP contribution in [0.3, 0.4) is 0 Å². The first kappa shape index (κ1) is 47.4. The third kappa shape index (κ3) is 10.0. The molecule has 0 fully saturated rings. The van der Waals surface area contributed by atoms with Crippen LogP contribution < -0.4 is 48.3 Å². The van der Waals surface area contributed by atoms with Gasteiger partial charge >= 0.3 is 0 Å². The van der Waals surface area contributed by atoms with Gasteiger partial charge in [0, 0.05) is 72.9 Å². The number of fused-ring (bicyclic) bond motifs is 4. The molecule has 0 saturated heterocycles. The number of benzene rings is 6. The molecular weight excluding hydrogens is 860 g/mol. The maximum atomic E-state index is 9.33. The Morgan fingerprint density at radius 2 is 0.661 bits per heavy atom. The molecule has 0 saturated carbocycles. The number of hydrogen-bond acceptors (Lipinski definition) is 6. The first-order chi connectivity index (χ1) is 29.6. The molecule has 4 N–H and O–H groups in total. The van der Waals surface area contributed by atoms with E-state index in [1.165, 1.54) is 54.7 Å². The monoisotopic (exact) mass is 912 g/mol. The van der Waals surface area contributed by atoms with Crippen LogP contribution in [0.5, 0.6) is 0 Å². The molecule has 8 nitrogen and oxygen atoms in total. The number of para-hydroxylation sites is 4. The van der Waals surface area contributed by atoms with E-state index in [4.69, 9.17) is 0 Å². The van der Waals surface area contributed by atoms with Gasteiger partial charge in [-0.05, 0) is 71.8 Å². The summed E-state index contributed by atoms with van der Waals surface area (Å²) in [6, 6.07) is 50.7. The van der Waals surface area contributed by atoms with Crippen molar-refractivity contribution >= 4 is 55.0 Å².